The van der Waals surface area contributed by atoms with Crippen molar-refractivity contribution in [3.8, 4) is 6.07 Å². The summed E-state index contributed by atoms with van der Waals surface area (Å²) in [7, 11) is 0. The van der Waals surface area contributed by atoms with Gasteiger partial charge in [-0.1, -0.05) is 6.92 Å². The Morgan fingerprint density at radius 3 is 2.53 bits per heavy atom. The van der Waals surface area contributed by atoms with Crippen molar-refractivity contribution in [3.63, 3.8) is 0 Å². The number of nitrogens with zero attached hydrogens (tertiary/aromatic N) is 1. The number of esters is 1. The Morgan fingerprint density at radius 1 is 1.29 bits per heavy atom. The molecule has 0 unspecified atom stereocenters. The van der Waals surface area contributed by atoms with Crippen LogP contribution in [0.25, 0.3) is 0 Å². The van der Waals surface area contributed by atoms with Crippen molar-refractivity contribution in [2.75, 3.05) is 6.61 Å². The molecule has 0 aliphatic heterocycles. The van der Waals surface area contributed by atoms with Crippen molar-refractivity contribution in [1.29, 1.82) is 5.26 Å². The molecule has 1 aromatic carbocycles. The highest BCUT2D eigenvalue weighted by Gasteiger charge is 2.17. The first-order valence-electron chi connectivity index (χ1n) is 5.38. The maximum Gasteiger partial charge on any atom is 0.338 e. The molecule has 0 aliphatic rings. The number of Topliss-reactive ketones (excluding diaryl/α,β-unsaturated/α-hetero) is 1. The first-order chi connectivity index (χ1) is 8.13. The number of benzene rings is 1. The van der Waals surface area contributed by atoms with Crippen LogP contribution in [0.3, 0.4) is 0 Å². The molecule has 0 aliphatic carbocycles. The second kappa shape index (κ2) is 5.80. The SMILES string of the molecule is CCOC(=O)c1ccc(C#N)cc1C(=O)CC. The molecule has 4 heteroatoms. The minimum absolute atomic E-state index is 0.176. The second-order valence-electron chi connectivity index (χ2n) is 3.37. The van der Waals surface area contributed by atoms with E-state index < -0.39 is 5.97 Å². The summed E-state index contributed by atoms with van der Waals surface area (Å²) in [6.45, 7) is 3.65. The van der Waals surface area contributed by atoms with Crippen molar-refractivity contribution in [3.05, 3.63) is 34.9 Å². The van der Waals surface area contributed by atoms with E-state index in [9.17, 15) is 9.59 Å². The van der Waals surface area contributed by atoms with Crippen molar-refractivity contribution in [2.24, 2.45) is 0 Å². The fraction of sp³-hybridized carbons (Fsp3) is 0.308. The molecule has 4 nitrogen and oxygen atoms in total. The molecule has 0 radical (unpaired) electrons. The van der Waals surface area contributed by atoms with Gasteiger partial charge < -0.3 is 4.74 Å². The molecule has 0 atom stereocenters. The lowest BCUT2D eigenvalue weighted by Crippen LogP contribution is -2.11. The van der Waals surface area contributed by atoms with E-state index in [4.69, 9.17) is 10.00 Å². The quantitative estimate of drug-likeness (QED) is 0.589. The third-order valence-corrected chi connectivity index (χ3v) is 2.27. The normalized spacial score (nSPS) is 9.47. The predicted octanol–water partition coefficient (Wildman–Crippen LogP) is 2.33. The number of nitriles is 1. The Bertz CT molecular complexity index is 486. The van der Waals surface area contributed by atoms with Crippen molar-refractivity contribution >= 4 is 11.8 Å². The Labute approximate surface area is 99.8 Å². The molecule has 88 valence electrons. The number of hydrogen-bond donors (Lipinski definition) is 0. The summed E-state index contributed by atoms with van der Waals surface area (Å²) in [5.41, 5.74) is 0.831. The van der Waals surface area contributed by atoms with E-state index in [0.717, 1.165) is 0 Å². The second-order valence-corrected chi connectivity index (χ2v) is 3.37. The number of carbonyl (C=O) groups is 2. The molecule has 0 saturated heterocycles. The average molecular weight is 231 g/mol. The lowest BCUT2D eigenvalue weighted by molar-refractivity contribution is 0.0523. The zero-order valence-corrected chi connectivity index (χ0v) is 9.82. The van der Waals surface area contributed by atoms with E-state index >= 15 is 0 Å². The molecule has 0 saturated carbocycles. The summed E-state index contributed by atoms with van der Waals surface area (Å²) in [5.74, 6) is -0.709. The highest BCUT2D eigenvalue weighted by molar-refractivity contribution is 6.06. The standard InChI is InChI=1S/C13H13NO3/c1-3-12(15)11-7-9(8-14)5-6-10(11)13(16)17-4-2/h5-7H,3-4H2,1-2H3. The van der Waals surface area contributed by atoms with Crippen LogP contribution >= 0.6 is 0 Å². The summed E-state index contributed by atoms with van der Waals surface area (Å²) >= 11 is 0. The molecule has 0 bridgehead atoms. The maximum absolute atomic E-state index is 11.7. The number of ketones is 1. The average Bonchev–Trinajstić information content (AvgIpc) is 2.37. The zero-order chi connectivity index (χ0) is 12.8. The number of hydrogen-bond acceptors (Lipinski definition) is 4. The summed E-state index contributed by atoms with van der Waals surface area (Å²) in [6.07, 6.45) is 0.279. The molecular formula is C13H13NO3. The molecule has 17 heavy (non-hydrogen) atoms. The van der Waals surface area contributed by atoms with E-state index in [1.807, 2.05) is 6.07 Å². The fourth-order valence-electron chi connectivity index (χ4n) is 1.42. The molecule has 0 N–H and O–H groups in total. The smallest absolute Gasteiger partial charge is 0.338 e. The van der Waals surface area contributed by atoms with E-state index in [1.165, 1.54) is 18.2 Å². The van der Waals surface area contributed by atoms with Crippen molar-refractivity contribution in [2.45, 2.75) is 20.3 Å². The molecule has 0 heterocycles. The van der Waals surface area contributed by atoms with Gasteiger partial charge in [0.25, 0.3) is 0 Å². The molecule has 0 fully saturated rings. The van der Waals surface area contributed by atoms with Crippen LogP contribution in [-0.4, -0.2) is 18.4 Å². The van der Waals surface area contributed by atoms with Gasteiger partial charge in [0.15, 0.2) is 5.78 Å². The van der Waals surface area contributed by atoms with Crippen LogP contribution in [0.4, 0.5) is 0 Å². The third kappa shape index (κ3) is 2.91. The number of rotatable bonds is 4. The molecule has 0 spiro atoms. The Balaban J connectivity index is 3.25. The third-order valence-electron chi connectivity index (χ3n) is 2.27. The van der Waals surface area contributed by atoms with Gasteiger partial charge in [0.2, 0.25) is 0 Å². The van der Waals surface area contributed by atoms with Gasteiger partial charge >= 0.3 is 5.97 Å². The summed E-state index contributed by atoms with van der Waals surface area (Å²) in [6, 6.07) is 6.33. The highest BCUT2D eigenvalue weighted by atomic mass is 16.5. The van der Waals surface area contributed by atoms with Gasteiger partial charge in [0.1, 0.15) is 0 Å². The zero-order valence-electron chi connectivity index (χ0n) is 9.82. The maximum atomic E-state index is 11.7. The molecular weight excluding hydrogens is 218 g/mol. The van der Waals surface area contributed by atoms with Crippen LogP contribution in [0.15, 0.2) is 18.2 Å². The first-order valence-corrected chi connectivity index (χ1v) is 5.38. The van der Waals surface area contributed by atoms with Crippen LogP contribution in [0.5, 0.6) is 0 Å². The Hall–Kier alpha value is -2.15. The van der Waals surface area contributed by atoms with Gasteiger partial charge in [-0.2, -0.15) is 5.26 Å². The Kier molecular flexibility index (Phi) is 4.41. The Morgan fingerprint density at radius 2 is 2.00 bits per heavy atom. The first kappa shape index (κ1) is 12.9. The van der Waals surface area contributed by atoms with Crippen LogP contribution in [0, 0.1) is 11.3 Å². The van der Waals surface area contributed by atoms with Crippen LogP contribution in [0.1, 0.15) is 46.5 Å². The molecule has 1 aromatic rings. The minimum Gasteiger partial charge on any atom is -0.462 e. The lowest BCUT2D eigenvalue weighted by Gasteiger charge is -2.07. The van der Waals surface area contributed by atoms with Crippen LogP contribution in [-0.2, 0) is 4.74 Å². The van der Waals surface area contributed by atoms with Gasteiger partial charge in [-0.3, -0.25) is 4.79 Å². The summed E-state index contributed by atoms with van der Waals surface area (Å²) in [5, 5.41) is 8.77. The molecule has 1 rings (SSSR count). The van der Waals surface area contributed by atoms with Gasteiger partial charge in [0, 0.05) is 12.0 Å². The summed E-state index contributed by atoms with van der Waals surface area (Å²) in [4.78, 5) is 23.3. The van der Waals surface area contributed by atoms with Gasteiger partial charge in [-0.05, 0) is 25.1 Å². The lowest BCUT2D eigenvalue weighted by atomic mass is 9.99. The largest absolute Gasteiger partial charge is 0.462 e. The van der Waals surface area contributed by atoms with E-state index in [0.29, 0.717) is 5.56 Å². The van der Waals surface area contributed by atoms with E-state index in [2.05, 4.69) is 0 Å². The monoisotopic (exact) mass is 231 g/mol. The van der Waals surface area contributed by atoms with E-state index in [-0.39, 0.29) is 29.9 Å². The number of ether oxygens (including phenoxy) is 1. The fourth-order valence-corrected chi connectivity index (χ4v) is 1.42. The predicted molar refractivity (Wildman–Crippen MR) is 61.7 cm³/mol. The van der Waals surface area contributed by atoms with Crippen molar-refractivity contribution in [1.82, 2.24) is 0 Å². The highest BCUT2D eigenvalue weighted by Crippen LogP contribution is 2.15. The minimum atomic E-state index is -0.534. The van der Waals surface area contributed by atoms with Crippen molar-refractivity contribution < 1.29 is 14.3 Å². The van der Waals surface area contributed by atoms with Gasteiger partial charge in [0.05, 0.1) is 23.8 Å². The van der Waals surface area contributed by atoms with Crippen LogP contribution in [0.2, 0.25) is 0 Å². The van der Waals surface area contributed by atoms with Crippen LogP contribution < -0.4 is 0 Å². The van der Waals surface area contributed by atoms with Gasteiger partial charge in [-0.25, -0.2) is 4.79 Å². The molecule has 0 aromatic heterocycles. The summed E-state index contributed by atoms with van der Waals surface area (Å²) < 4.78 is 4.86. The van der Waals surface area contributed by atoms with Gasteiger partial charge in [-0.15, -0.1) is 0 Å². The molecule has 0 amide bonds. The topological polar surface area (TPSA) is 67.2 Å². The van der Waals surface area contributed by atoms with E-state index in [1.54, 1.807) is 13.8 Å². The number of carbonyl (C=O) groups excluding carboxylic acids is 2.